The lowest BCUT2D eigenvalue weighted by atomic mass is 10.2. The van der Waals surface area contributed by atoms with E-state index < -0.39 is 0 Å². The number of hydrogen-bond donors (Lipinski definition) is 2. The van der Waals surface area contributed by atoms with Crippen molar-refractivity contribution in [1.29, 1.82) is 0 Å². The molecule has 0 saturated heterocycles. The van der Waals surface area contributed by atoms with Crippen molar-refractivity contribution in [2.75, 3.05) is 0 Å². The van der Waals surface area contributed by atoms with E-state index in [1.165, 1.54) is 0 Å². The van der Waals surface area contributed by atoms with Crippen molar-refractivity contribution < 1.29 is 0 Å². The van der Waals surface area contributed by atoms with Gasteiger partial charge in [0.2, 0.25) is 5.78 Å². The predicted molar refractivity (Wildman–Crippen MR) is 64.7 cm³/mol. The maximum atomic E-state index is 6.15. The fraction of sp³-hybridized carbons (Fsp3) is 0.182. The molecule has 0 atom stereocenters. The summed E-state index contributed by atoms with van der Waals surface area (Å²) in [6, 6.07) is 3.98. The van der Waals surface area contributed by atoms with E-state index in [2.05, 4.69) is 16.0 Å². The van der Waals surface area contributed by atoms with Gasteiger partial charge >= 0.3 is 0 Å². The fourth-order valence-corrected chi connectivity index (χ4v) is 2.25. The van der Waals surface area contributed by atoms with Crippen molar-refractivity contribution in [1.82, 2.24) is 14.4 Å². The third kappa shape index (κ3) is 1.24. The first-order valence-electron chi connectivity index (χ1n) is 5.05. The van der Waals surface area contributed by atoms with Crippen LogP contribution in [-0.2, 0) is 6.54 Å². The molecule has 0 aliphatic carbocycles. The lowest BCUT2D eigenvalue weighted by Crippen LogP contribution is -1.95. The molecule has 3 N–H and O–H groups in total. The van der Waals surface area contributed by atoms with Crippen LogP contribution in [0.3, 0.4) is 0 Å². The number of H-pyrrole nitrogens is 1. The molecule has 0 spiro atoms. The van der Waals surface area contributed by atoms with Gasteiger partial charge in [0.05, 0.1) is 10.5 Å². The Labute approximate surface area is 97.0 Å². The SMILES string of the molecule is Cc1cc(Cl)c2nc3[nH]c(CN)cn3c2c1. The molecule has 2 aromatic heterocycles. The van der Waals surface area contributed by atoms with Crippen molar-refractivity contribution in [3.63, 3.8) is 0 Å². The van der Waals surface area contributed by atoms with Gasteiger partial charge in [0.25, 0.3) is 0 Å². The van der Waals surface area contributed by atoms with E-state index in [0.29, 0.717) is 11.6 Å². The Bertz CT molecular complexity index is 680. The maximum absolute atomic E-state index is 6.15. The number of nitrogens with zero attached hydrogens (tertiary/aromatic N) is 2. The first-order chi connectivity index (χ1) is 7.69. The molecule has 0 fully saturated rings. The van der Waals surface area contributed by atoms with Gasteiger partial charge in [-0.2, -0.15) is 0 Å². The van der Waals surface area contributed by atoms with Gasteiger partial charge in [0, 0.05) is 18.4 Å². The quantitative estimate of drug-likeness (QED) is 0.678. The van der Waals surface area contributed by atoms with Gasteiger partial charge in [-0.3, -0.25) is 4.40 Å². The van der Waals surface area contributed by atoms with Crippen LogP contribution < -0.4 is 5.73 Å². The maximum Gasteiger partial charge on any atom is 0.212 e. The Morgan fingerprint density at radius 2 is 2.31 bits per heavy atom. The van der Waals surface area contributed by atoms with E-state index in [1.807, 2.05) is 23.6 Å². The summed E-state index contributed by atoms with van der Waals surface area (Å²) in [7, 11) is 0. The number of rotatable bonds is 1. The van der Waals surface area contributed by atoms with Crippen LogP contribution in [0.5, 0.6) is 0 Å². The molecule has 0 unspecified atom stereocenters. The molecule has 2 heterocycles. The average molecular weight is 235 g/mol. The van der Waals surface area contributed by atoms with Crippen molar-refractivity contribution in [3.8, 4) is 0 Å². The minimum absolute atomic E-state index is 0.477. The van der Waals surface area contributed by atoms with Gasteiger partial charge in [-0.1, -0.05) is 11.6 Å². The first-order valence-corrected chi connectivity index (χ1v) is 5.42. The molecule has 3 aromatic rings. The summed E-state index contributed by atoms with van der Waals surface area (Å²) in [6.07, 6.45) is 1.96. The number of nitrogens with one attached hydrogen (secondary N) is 1. The van der Waals surface area contributed by atoms with Crippen LogP contribution >= 0.6 is 11.6 Å². The standard InChI is InChI=1S/C11H11ClN4/c1-6-2-8(12)10-9(3-6)16-5-7(4-13)14-11(16)15-10/h2-3,5H,4,13H2,1H3,(H,14,15). The monoisotopic (exact) mass is 234 g/mol. The minimum Gasteiger partial charge on any atom is -0.326 e. The summed E-state index contributed by atoms with van der Waals surface area (Å²) >= 11 is 6.15. The highest BCUT2D eigenvalue weighted by atomic mass is 35.5. The smallest absolute Gasteiger partial charge is 0.212 e. The van der Waals surface area contributed by atoms with Crippen LogP contribution in [0.4, 0.5) is 0 Å². The topological polar surface area (TPSA) is 59.1 Å². The zero-order valence-electron chi connectivity index (χ0n) is 8.79. The van der Waals surface area contributed by atoms with Gasteiger partial charge in [-0.15, -0.1) is 0 Å². The number of aromatic nitrogens is 3. The number of fused-ring (bicyclic) bond motifs is 3. The van der Waals surface area contributed by atoms with E-state index in [9.17, 15) is 0 Å². The van der Waals surface area contributed by atoms with Crippen molar-refractivity contribution in [3.05, 3.63) is 34.6 Å². The Morgan fingerprint density at radius 3 is 3.06 bits per heavy atom. The highest BCUT2D eigenvalue weighted by Crippen LogP contribution is 2.25. The normalized spacial score (nSPS) is 11.7. The van der Waals surface area contributed by atoms with Crippen LogP contribution in [0.1, 0.15) is 11.3 Å². The van der Waals surface area contributed by atoms with E-state index in [4.69, 9.17) is 17.3 Å². The van der Waals surface area contributed by atoms with E-state index in [1.54, 1.807) is 0 Å². The summed E-state index contributed by atoms with van der Waals surface area (Å²) in [5.74, 6) is 0.781. The second kappa shape index (κ2) is 3.23. The molecule has 0 saturated carbocycles. The largest absolute Gasteiger partial charge is 0.326 e. The first kappa shape index (κ1) is 9.69. The number of nitrogens with two attached hydrogens (primary N) is 1. The second-order valence-corrected chi connectivity index (χ2v) is 4.31. The molecular weight excluding hydrogens is 224 g/mol. The molecule has 3 rings (SSSR count). The molecule has 0 radical (unpaired) electrons. The van der Waals surface area contributed by atoms with Crippen molar-refractivity contribution >= 4 is 28.4 Å². The Kier molecular flexibility index (Phi) is 1.96. The summed E-state index contributed by atoms with van der Waals surface area (Å²) < 4.78 is 1.98. The molecule has 5 heteroatoms. The fourth-order valence-electron chi connectivity index (χ4n) is 1.94. The minimum atomic E-state index is 0.477. The van der Waals surface area contributed by atoms with Gasteiger partial charge in [0.15, 0.2) is 0 Å². The summed E-state index contributed by atoms with van der Waals surface area (Å²) in [4.78, 5) is 7.59. The van der Waals surface area contributed by atoms with Crippen molar-refractivity contribution in [2.45, 2.75) is 13.5 Å². The predicted octanol–water partition coefficient (Wildman–Crippen LogP) is 2.24. The van der Waals surface area contributed by atoms with Gasteiger partial charge in [0.1, 0.15) is 5.52 Å². The number of imidazole rings is 2. The third-order valence-electron chi connectivity index (χ3n) is 2.67. The van der Waals surface area contributed by atoms with Crippen LogP contribution in [0, 0.1) is 6.92 Å². The van der Waals surface area contributed by atoms with Gasteiger partial charge in [-0.25, -0.2) is 4.98 Å². The molecular formula is C11H11ClN4. The zero-order chi connectivity index (χ0) is 11.3. The Morgan fingerprint density at radius 1 is 1.50 bits per heavy atom. The summed E-state index contributed by atoms with van der Waals surface area (Å²) in [5.41, 5.74) is 9.49. The highest BCUT2D eigenvalue weighted by Gasteiger charge is 2.10. The van der Waals surface area contributed by atoms with Crippen LogP contribution in [0.25, 0.3) is 16.8 Å². The molecule has 0 aliphatic rings. The summed E-state index contributed by atoms with van der Waals surface area (Å²) in [5, 5.41) is 0.682. The van der Waals surface area contributed by atoms with Gasteiger partial charge in [-0.05, 0) is 24.6 Å². The lowest BCUT2D eigenvalue weighted by molar-refractivity contribution is 1.01. The molecule has 4 nitrogen and oxygen atoms in total. The number of halogens is 1. The molecule has 82 valence electrons. The van der Waals surface area contributed by atoms with Crippen LogP contribution in [0.15, 0.2) is 18.3 Å². The molecule has 0 amide bonds. The van der Waals surface area contributed by atoms with E-state index in [0.717, 1.165) is 28.1 Å². The van der Waals surface area contributed by atoms with Crippen LogP contribution in [-0.4, -0.2) is 14.4 Å². The van der Waals surface area contributed by atoms with Crippen LogP contribution in [0.2, 0.25) is 5.02 Å². The number of aryl methyl sites for hydroxylation is 1. The third-order valence-corrected chi connectivity index (χ3v) is 2.96. The van der Waals surface area contributed by atoms with E-state index in [-0.39, 0.29) is 0 Å². The highest BCUT2D eigenvalue weighted by molar-refractivity contribution is 6.35. The molecule has 0 bridgehead atoms. The lowest BCUT2D eigenvalue weighted by Gasteiger charge is -1.96. The number of benzene rings is 1. The number of aromatic amines is 1. The zero-order valence-corrected chi connectivity index (χ0v) is 9.54. The summed E-state index contributed by atoms with van der Waals surface area (Å²) in [6.45, 7) is 2.49. The number of hydrogen-bond acceptors (Lipinski definition) is 2. The second-order valence-electron chi connectivity index (χ2n) is 3.90. The molecule has 1 aromatic carbocycles. The Balaban J connectivity index is 2.45. The van der Waals surface area contributed by atoms with Crippen molar-refractivity contribution in [2.24, 2.45) is 5.73 Å². The molecule has 0 aliphatic heterocycles. The van der Waals surface area contributed by atoms with E-state index >= 15 is 0 Å². The Hall–Kier alpha value is -1.52. The van der Waals surface area contributed by atoms with Gasteiger partial charge < -0.3 is 10.7 Å². The average Bonchev–Trinajstić information content (AvgIpc) is 2.76. The molecule has 16 heavy (non-hydrogen) atoms.